The molecule has 13 nitrogen and oxygen atoms in total. The van der Waals surface area contributed by atoms with Crippen LogP contribution in [0.3, 0.4) is 0 Å². The number of rotatable bonds is 15. The fourth-order valence-electron chi connectivity index (χ4n) is 2.69. The molecule has 10 N–H and O–H groups in total. The van der Waals surface area contributed by atoms with Crippen LogP contribution in [0.15, 0.2) is 12.5 Å². The van der Waals surface area contributed by atoms with Crippen LogP contribution in [0.2, 0.25) is 0 Å². The second kappa shape index (κ2) is 14.4. The van der Waals surface area contributed by atoms with Crippen molar-refractivity contribution < 1.29 is 29.4 Å². The van der Waals surface area contributed by atoms with Gasteiger partial charge in [0.2, 0.25) is 17.7 Å². The number of imidazole rings is 1. The predicted molar refractivity (Wildman–Crippen MR) is 118 cm³/mol. The molecule has 4 unspecified atom stereocenters. The molecular formula is C18H31N7O6S. The third kappa shape index (κ3) is 9.21. The number of nitrogens with two attached hydrogens (primary N) is 2. The highest BCUT2D eigenvalue weighted by Crippen LogP contribution is 2.03. The molecule has 0 aromatic carbocycles. The Balaban J connectivity index is 2.66. The number of H-pyrrole nitrogens is 1. The summed E-state index contributed by atoms with van der Waals surface area (Å²) in [6.07, 6.45) is 4.35. The molecule has 0 saturated carbocycles. The van der Waals surface area contributed by atoms with E-state index in [4.69, 9.17) is 11.5 Å². The van der Waals surface area contributed by atoms with Crippen LogP contribution in [0.25, 0.3) is 0 Å². The fraction of sp³-hybridized carbons (Fsp3) is 0.611. The first-order valence-electron chi connectivity index (χ1n) is 10.0. The molecule has 14 heteroatoms. The average Bonchev–Trinajstić information content (AvgIpc) is 3.27. The number of aliphatic hydroxyl groups is 1. The number of amides is 3. The molecule has 0 aliphatic heterocycles. The molecular weight excluding hydrogens is 442 g/mol. The number of nitrogens with one attached hydrogen (secondary N) is 4. The zero-order valence-electron chi connectivity index (χ0n) is 17.5. The van der Waals surface area contributed by atoms with E-state index in [1.807, 2.05) is 0 Å². The highest BCUT2D eigenvalue weighted by molar-refractivity contribution is 7.80. The van der Waals surface area contributed by atoms with Crippen LogP contribution in [0.1, 0.15) is 25.0 Å². The third-order valence-corrected chi connectivity index (χ3v) is 4.89. The molecule has 1 aromatic heterocycles. The number of carboxylic acid groups (broad SMARTS) is 1. The monoisotopic (exact) mass is 473 g/mol. The van der Waals surface area contributed by atoms with Gasteiger partial charge in [0.15, 0.2) is 0 Å². The smallest absolute Gasteiger partial charge is 0.326 e. The summed E-state index contributed by atoms with van der Waals surface area (Å²) in [6.45, 7) is -0.346. The zero-order chi connectivity index (χ0) is 24.1. The van der Waals surface area contributed by atoms with Crippen LogP contribution in [0, 0.1) is 0 Å². The highest BCUT2D eigenvalue weighted by atomic mass is 32.1. The lowest BCUT2D eigenvalue weighted by atomic mass is 10.1. The van der Waals surface area contributed by atoms with Crippen molar-refractivity contribution >= 4 is 36.3 Å². The first-order valence-corrected chi connectivity index (χ1v) is 10.6. The summed E-state index contributed by atoms with van der Waals surface area (Å²) in [5.41, 5.74) is 11.8. The number of hydrogen-bond acceptors (Lipinski definition) is 9. The number of nitrogens with zero attached hydrogens (tertiary/aromatic N) is 1. The van der Waals surface area contributed by atoms with Gasteiger partial charge in [-0.15, -0.1) is 0 Å². The van der Waals surface area contributed by atoms with Crippen molar-refractivity contribution in [2.45, 2.75) is 49.9 Å². The number of aliphatic carboxylic acids is 1. The Morgan fingerprint density at radius 1 is 1.06 bits per heavy atom. The summed E-state index contributed by atoms with van der Waals surface area (Å²) in [6, 6.07) is -4.72. The van der Waals surface area contributed by atoms with Crippen molar-refractivity contribution in [1.82, 2.24) is 25.9 Å². The van der Waals surface area contributed by atoms with Crippen molar-refractivity contribution in [1.29, 1.82) is 0 Å². The minimum absolute atomic E-state index is 0.133. The summed E-state index contributed by atoms with van der Waals surface area (Å²) in [7, 11) is 0. The first kappa shape index (κ1) is 27.4. The summed E-state index contributed by atoms with van der Waals surface area (Å²) >= 11 is 4.02. The van der Waals surface area contributed by atoms with Crippen molar-refractivity contribution in [2.24, 2.45) is 11.5 Å². The molecule has 0 radical (unpaired) electrons. The van der Waals surface area contributed by atoms with E-state index in [1.54, 1.807) is 0 Å². The number of unbranched alkanes of at least 4 members (excludes halogenated alkanes) is 1. The zero-order valence-corrected chi connectivity index (χ0v) is 18.4. The van der Waals surface area contributed by atoms with Gasteiger partial charge in [-0.1, -0.05) is 0 Å². The molecule has 0 spiro atoms. The molecule has 1 heterocycles. The number of aromatic amines is 1. The van der Waals surface area contributed by atoms with Crippen LogP contribution < -0.4 is 27.4 Å². The fourth-order valence-corrected chi connectivity index (χ4v) is 2.94. The maximum absolute atomic E-state index is 12.5. The number of aliphatic hydroxyl groups excluding tert-OH is 1. The minimum atomic E-state index is -1.37. The number of aromatic nitrogens is 2. The van der Waals surface area contributed by atoms with E-state index in [0.29, 0.717) is 25.1 Å². The van der Waals surface area contributed by atoms with Gasteiger partial charge in [-0.3, -0.25) is 14.4 Å². The molecule has 3 amide bonds. The molecule has 0 aliphatic rings. The van der Waals surface area contributed by atoms with Crippen LogP contribution >= 0.6 is 12.6 Å². The Kier molecular flexibility index (Phi) is 12.3. The van der Waals surface area contributed by atoms with Gasteiger partial charge in [0.25, 0.3) is 0 Å². The van der Waals surface area contributed by atoms with Crippen LogP contribution in [0.5, 0.6) is 0 Å². The summed E-state index contributed by atoms with van der Waals surface area (Å²) < 4.78 is 0. The molecule has 32 heavy (non-hydrogen) atoms. The Labute approximate surface area is 190 Å². The Bertz CT molecular complexity index is 748. The number of carbonyl (C=O) groups excluding carboxylic acids is 3. The molecule has 0 aliphatic carbocycles. The van der Waals surface area contributed by atoms with Gasteiger partial charge in [0.05, 0.1) is 19.0 Å². The van der Waals surface area contributed by atoms with Gasteiger partial charge in [0, 0.05) is 24.1 Å². The summed E-state index contributed by atoms with van der Waals surface area (Å²) in [5.74, 6) is -3.65. The normalized spacial score (nSPS) is 14.6. The Morgan fingerprint density at radius 3 is 2.22 bits per heavy atom. The van der Waals surface area contributed by atoms with Crippen LogP contribution in [-0.4, -0.2) is 86.9 Å². The predicted octanol–water partition coefficient (Wildman–Crippen LogP) is -3.13. The van der Waals surface area contributed by atoms with Gasteiger partial charge < -0.3 is 42.6 Å². The lowest BCUT2D eigenvalue weighted by Crippen LogP contribution is -2.58. The Morgan fingerprint density at radius 2 is 1.69 bits per heavy atom. The maximum atomic E-state index is 12.5. The van der Waals surface area contributed by atoms with E-state index in [1.165, 1.54) is 12.5 Å². The van der Waals surface area contributed by atoms with Gasteiger partial charge in [-0.25, -0.2) is 9.78 Å². The third-order valence-electron chi connectivity index (χ3n) is 4.52. The number of carboxylic acids is 1. The second-order valence-electron chi connectivity index (χ2n) is 7.06. The van der Waals surface area contributed by atoms with Gasteiger partial charge in [0.1, 0.15) is 18.1 Å². The van der Waals surface area contributed by atoms with Crippen LogP contribution in [-0.2, 0) is 25.6 Å². The first-order chi connectivity index (χ1) is 15.2. The van der Waals surface area contributed by atoms with Gasteiger partial charge >= 0.3 is 5.97 Å². The number of hydrogen-bond donors (Lipinski definition) is 9. The van der Waals surface area contributed by atoms with E-state index < -0.39 is 54.5 Å². The molecule has 1 aromatic rings. The topological polar surface area (TPSA) is 226 Å². The maximum Gasteiger partial charge on any atom is 0.326 e. The average molecular weight is 474 g/mol. The second-order valence-corrected chi connectivity index (χ2v) is 7.42. The Hall–Kier alpha value is -2.68. The van der Waals surface area contributed by atoms with Gasteiger partial charge in [-0.2, -0.15) is 12.6 Å². The van der Waals surface area contributed by atoms with Crippen molar-refractivity contribution in [3.63, 3.8) is 0 Å². The van der Waals surface area contributed by atoms with E-state index in [2.05, 4.69) is 38.5 Å². The quantitative estimate of drug-likeness (QED) is 0.0925. The molecule has 4 atom stereocenters. The van der Waals surface area contributed by atoms with E-state index in [-0.39, 0.29) is 18.6 Å². The van der Waals surface area contributed by atoms with E-state index >= 15 is 0 Å². The minimum Gasteiger partial charge on any atom is -0.480 e. The standard InChI is InChI=1S/C18H31N7O6S/c19-4-2-1-3-12(18(30)31)23-17(29)14(8-32)25-16(28)13(7-26)24-15(27)11(20)5-10-6-21-9-22-10/h6,9,11-14,26,32H,1-5,7-8,19-20H2,(H,21,22)(H,23,29)(H,24,27)(H,25,28)(H,30,31). The highest BCUT2D eigenvalue weighted by Gasteiger charge is 2.29. The van der Waals surface area contributed by atoms with Crippen molar-refractivity contribution in [3.8, 4) is 0 Å². The lowest BCUT2D eigenvalue weighted by molar-refractivity contribution is -0.142. The summed E-state index contributed by atoms with van der Waals surface area (Å²) in [4.78, 5) is 55.1. The van der Waals surface area contributed by atoms with Crippen molar-refractivity contribution in [2.75, 3.05) is 18.9 Å². The van der Waals surface area contributed by atoms with Gasteiger partial charge in [-0.05, 0) is 25.8 Å². The van der Waals surface area contributed by atoms with E-state index in [0.717, 1.165) is 0 Å². The number of thiol groups is 1. The van der Waals surface area contributed by atoms with Crippen LogP contribution in [0.4, 0.5) is 0 Å². The molecule has 180 valence electrons. The molecule has 0 saturated heterocycles. The molecule has 1 rings (SSSR count). The van der Waals surface area contributed by atoms with Crippen molar-refractivity contribution in [3.05, 3.63) is 18.2 Å². The largest absolute Gasteiger partial charge is 0.480 e. The lowest BCUT2D eigenvalue weighted by Gasteiger charge is -2.23. The molecule has 0 fully saturated rings. The number of carbonyl (C=O) groups is 4. The van der Waals surface area contributed by atoms with E-state index in [9.17, 15) is 29.4 Å². The SMILES string of the molecule is NCCCCC(NC(=O)C(CS)NC(=O)C(CO)NC(=O)C(N)Cc1cnc[nH]1)C(=O)O. The molecule has 0 bridgehead atoms. The summed E-state index contributed by atoms with van der Waals surface area (Å²) in [5, 5.41) is 25.8.